The molecule has 0 amide bonds. The Balaban J connectivity index is 0. The van der Waals surface area contributed by atoms with E-state index in [9.17, 15) is 9.59 Å². The Morgan fingerprint density at radius 3 is 1.37 bits per heavy atom. The molecule has 0 bridgehead atoms. The summed E-state index contributed by atoms with van der Waals surface area (Å²) in [6.45, 7) is 9.58. The van der Waals surface area contributed by atoms with Crippen LogP contribution >= 0.6 is 12.6 Å². The summed E-state index contributed by atoms with van der Waals surface area (Å²) in [7, 11) is 0. The number of esters is 2. The Morgan fingerprint density at radius 2 is 1.10 bits per heavy atom. The number of thiol groups is 1. The fourth-order valence-electron chi connectivity index (χ4n) is 1.79. The third-order valence-electron chi connectivity index (χ3n) is 3.05. The molecule has 0 aromatic heterocycles. The van der Waals surface area contributed by atoms with Crippen LogP contribution in [-0.4, -0.2) is 31.4 Å². The van der Waals surface area contributed by atoms with Crippen molar-refractivity contribution in [3.8, 4) is 0 Å². The van der Waals surface area contributed by atoms with Crippen LogP contribution < -0.4 is 11.5 Å². The molecule has 2 rings (SSSR count). The molecule has 0 fully saturated rings. The van der Waals surface area contributed by atoms with Gasteiger partial charge in [-0.15, -0.1) is 6.58 Å². The summed E-state index contributed by atoms with van der Waals surface area (Å²) >= 11 is 3.53. The van der Waals surface area contributed by atoms with Gasteiger partial charge in [0, 0.05) is 17.8 Å². The Bertz CT molecular complexity index is 657. The molecule has 2 aromatic carbocycles. The van der Waals surface area contributed by atoms with Crippen molar-refractivity contribution in [1.29, 1.82) is 0 Å². The van der Waals surface area contributed by atoms with E-state index in [0.29, 0.717) is 28.9 Å². The van der Waals surface area contributed by atoms with E-state index in [1.165, 1.54) is 0 Å². The molecule has 30 heavy (non-hydrogen) atoms. The lowest BCUT2D eigenvalue weighted by atomic mass is 10.2. The van der Waals surface area contributed by atoms with Gasteiger partial charge in [-0.25, -0.2) is 9.59 Å². The van der Waals surface area contributed by atoms with Crippen LogP contribution in [0, 0.1) is 0 Å². The highest BCUT2D eigenvalue weighted by Gasteiger charge is 2.08. The minimum Gasteiger partial charge on any atom is -0.462 e. The third kappa shape index (κ3) is 13.3. The smallest absolute Gasteiger partial charge is 0.338 e. The second kappa shape index (κ2) is 19.4. The van der Waals surface area contributed by atoms with Gasteiger partial charge in [-0.2, -0.15) is 12.6 Å². The van der Waals surface area contributed by atoms with Crippen molar-refractivity contribution in [3.05, 3.63) is 72.3 Å². The Hall–Kier alpha value is -2.93. The molecule has 4 N–H and O–H groups in total. The molecule has 6 nitrogen and oxygen atoms in total. The van der Waals surface area contributed by atoms with Gasteiger partial charge in [-0.3, -0.25) is 0 Å². The SMILES string of the molecule is C=CC.CC.CS.Nc1ccc(C(=O)OCCCOC(=O)c2ccc(N)cc2)cc1. The number of hydrogen-bond donors (Lipinski definition) is 3. The van der Waals surface area contributed by atoms with Crippen molar-refractivity contribution in [2.75, 3.05) is 30.9 Å². The first-order valence-electron chi connectivity index (χ1n) is 9.55. The first-order valence-corrected chi connectivity index (χ1v) is 10.4. The molecule has 166 valence electrons. The van der Waals surface area contributed by atoms with Gasteiger partial charge >= 0.3 is 11.9 Å². The number of allylic oxidation sites excluding steroid dienone is 1. The number of nitrogens with two attached hydrogens (primary N) is 2. The van der Waals surface area contributed by atoms with Crippen LogP contribution in [0.2, 0.25) is 0 Å². The Kier molecular flexibility index (Phi) is 18.9. The average Bonchev–Trinajstić information content (AvgIpc) is 2.77. The Labute approximate surface area is 185 Å². The quantitative estimate of drug-likeness (QED) is 0.194. The molecular formula is C23H34N2O4S. The predicted molar refractivity (Wildman–Crippen MR) is 129 cm³/mol. The molecule has 0 radical (unpaired) electrons. The van der Waals surface area contributed by atoms with Crippen LogP contribution in [0.15, 0.2) is 61.2 Å². The van der Waals surface area contributed by atoms with E-state index >= 15 is 0 Å². The van der Waals surface area contributed by atoms with E-state index in [-0.39, 0.29) is 13.2 Å². The molecule has 0 saturated carbocycles. The molecule has 0 atom stereocenters. The molecule has 0 aliphatic heterocycles. The first-order chi connectivity index (χ1) is 14.5. The number of anilines is 2. The van der Waals surface area contributed by atoms with Gasteiger partial charge in [0.1, 0.15) is 0 Å². The Morgan fingerprint density at radius 1 is 0.833 bits per heavy atom. The van der Waals surface area contributed by atoms with Crippen molar-refractivity contribution in [3.63, 3.8) is 0 Å². The summed E-state index contributed by atoms with van der Waals surface area (Å²) < 4.78 is 10.2. The minimum atomic E-state index is -0.435. The van der Waals surface area contributed by atoms with Crippen molar-refractivity contribution < 1.29 is 19.1 Å². The maximum Gasteiger partial charge on any atom is 0.338 e. The van der Waals surface area contributed by atoms with Crippen LogP contribution in [0.5, 0.6) is 0 Å². The van der Waals surface area contributed by atoms with Crippen LogP contribution in [0.4, 0.5) is 11.4 Å². The second-order valence-electron chi connectivity index (χ2n) is 5.28. The van der Waals surface area contributed by atoms with Crippen molar-refractivity contribution in [2.24, 2.45) is 0 Å². The van der Waals surface area contributed by atoms with Crippen LogP contribution in [0.1, 0.15) is 47.9 Å². The maximum atomic E-state index is 11.7. The molecule has 0 spiro atoms. The minimum absolute atomic E-state index is 0.165. The van der Waals surface area contributed by atoms with E-state index in [2.05, 4.69) is 19.2 Å². The average molecular weight is 435 g/mol. The maximum absolute atomic E-state index is 11.7. The van der Waals surface area contributed by atoms with Crippen molar-refractivity contribution in [2.45, 2.75) is 27.2 Å². The van der Waals surface area contributed by atoms with Gasteiger partial charge in [0.15, 0.2) is 0 Å². The number of ether oxygens (including phenoxy) is 2. The lowest BCUT2D eigenvalue weighted by Crippen LogP contribution is -2.11. The number of benzene rings is 2. The van der Waals surface area contributed by atoms with Crippen molar-refractivity contribution in [1.82, 2.24) is 0 Å². The van der Waals surface area contributed by atoms with E-state index < -0.39 is 11.9 Å². The summed E-state index contributed by atoms with van der Waals surface area (Å²) in [4.78, 5) is 23.4. The molecular weight excluding hydrogens is 400 g/mol. The van der Waals surface area contributed by atoms with Gasteiger partial charge < -0.3 is 20.9 Å². The zero-order chi connectivity index (χ0) is 23.4. The number of carbonyl (C=O) groups excluding carboxylic acids is 2. The summed E-state index contributed by atoms with van der Waals surface area (Å²) in [6.07, 6.45) is 3.86. The normalized spacial score (nSPS) is 8.57. The highest BCUT2D eigenvalue weighted by atomic mass is 32.1. The van der Waals surface area contributed by atoms with Crippen LogP contribution in [0.3, 0.4) is 0 Å². The van der Waals surface area contributed by atoms with Gasteiger partial charge in [0.25, 0.3) is 0 Å². The molecule has 0 aliphatic rings. The fraction of sp³-hybridized carbons (Fsp3) is 0.304. The lowest BCUT2D eigenvalue weighted by Gasteiger charge is -2.07. The van der Waals surface area contributed by atoms with E-state index in [0.717, 1.165) is 0 Å². The van der Waals surface area contributed by atoms with E-state index in [1.807, 2.05) is 20.8 Å². The molecule has 0 heterocycles. The fourth-order valence-corrected chi connectivity index (χ4v) is 1.79. The predicted octanol–water partition coefficient (Wildman–Crippen LogP) is 5.02. The zero-order valence-electron chi connectivity index (χ0n) is 18.3. The summed E-state index contributed by atoms with van der Waals surface area (Å²) in [5.74, 6) is -0.871. The zero-order valence-corrected chi connectivity index (χ0v) is 19.2. The molecule has 2 aromatic rings. The third-order valence-corrected chi connectivity index (χ3v) is 3.05. The first kappa shape index (κ1) is 29.3. The number of nitrogen functional groups attached to an aromatic ring is 2. The van der Waals surface area contributed by atoms with Gasteiger partial charge in [0.05, 0.1) is 24.3 Å². The molecule has 0 unspecified atom stereocenters. The molecule has 0 aliphatic carbocycles. The largest absolute Gasteiger partial charge is 0.462 e. The lowest BCUT2D eigenvalue weighted by molar-refractivity contribution is 0.0396. The summed E-state index contributed by atoms with van der Waals surface area (Å²) in [5.41, 5.74) is 13.1. The van der Waals surface area contributed by atoms with E-state index in [4.69, 9.17) is 20.9 Å². The van der Waals surface area contributed by atoms with E-state index in [1.54, 1.807) is 60.9 Å². The molecule has 0 saturated heterocycles. The topological polar surface area (TPSA) is 105 Å². The monoisotopic (exact) mass is 434 g/mol. The van der Waals surface area contributed by atoms with Crippen LogP contribution in [-0.2, 0) is 9.47 Å². The van der Waals surface area contributed by atoms with Crippen molar-refractivity contribution >= 4 is 35.9 Å². The van der Waals surface area contributed by atoms with Crippen LogP contribution in [0.25, 0.3) is 0 Å². The van der Waals surface area contributed by atoms with Gasteiger partial charge in [-0.05, 0) is 61.7 Å². The van der Waals surface area contributed by atoms with Gasteiger partial charge in [0.2, 0.25) is 0 Å². The highest BCUT2D eigenvalue weighted by molar-refractivity contribution is 7.79. The summed E-state index contributed by atoms with van der Waals surface area (Å²) in [5, 5.41) is 0. The molecule has 7 heteroatoms. The highest BCUT2D eigenvalue weighted by Crippen LogP contribution is 2.08. The standard InChI is InChI=1S/C17H18N2O4.C3H6.C2H6.CH4S/c18-14-6-2-12(3-7-14)16(20)22-10-1-11-23-17(21)13-4-8-15(19)9-5-13;1-3-2;2*1-2/h2-9H,1,10-11,18-19H2;3H,1H2,2H3;1-2H3;2H,1H3. The number of rotatable bonds is 6. The van der Waals surface area contributed by atoms with Gasteiger partial charge in [-0.1, -0.05) is 19.9 Å². The number of hydrogen-bond acceptors (Lipinski definition) is 7. The second-order valence-corrected chi connectivity index (χ2v) is 5.28. The number of carbonyl (C=O) groups is 2. The summed E-state index contributed by atoms with van der Waals surface area (Å²) in [6, 6.07) is 12.9.